The molecule has 1 fully saturated rings. The fourth-order valence-electron chi connectivity index (χ4n) is 2.47. The summed E-state index contributed by atoms with van der Waals surface area (Å²) in [7, 11) is 0. The number of hydrogen-bond acceptors (Lipinski definition) is 3. The average molecular weight is 299 g/mol. The minimum Gasteiger partial charge on any atom is -0.335 e. The molecule has 0 aromatic carbocycles. The van der Waals surface area contributed by atoms with Gasteiger partial charge < -0.3 is 4.57 Å². The highest BCUT2D eigenvalue weighted by Crippen LogP contribution is 2.48. The Morgan fingerprint density at radius 2 is 2.05 bits per heavy atom. The first kappa shape index (κ1) is 15.3. The molecule has 2 nitrogen and oxygen atoms in total. The summed E-state index contributed by atoms with van der Waals surface area (Å²) in [5.74, 6) is 3.49. The molecule has 108 valence electrons. The zero-order valence-electron chi connectivity index (χ0n) is 12.2. The highest BCUT2D eigenvalue weighted by Gasteiger charge is 2.35. The molecule has 0 unspecified atom stereocenters. The Balaban J connectivity index is 1.92. The third-order valence-electron chi connectivity index (χ3n) is 3.66. The van der Waals surface area contributed by atoms with E-state index in [2.05, 4.69) is 53.1 Å². The second kappa shape index (κ2) is 7.63. The predicted molar refractivity (Wildman–Crippen MR) is 87.8 cm³/mol. The largest absolute Gasteiger partial charge is 0.335 e. The average Bonchev–Trinajstić information content (AvgIpc) is 2.91. The molecule has 0 N–H and O–H groups in total. The molecule has 1 saturated heterocycles. The van der Waals surface area contributed by atoms with E-state index in [1.165, 1.54) is 43.6 Å². The van der Waals surface area contributed by atoms with Gasteiger partial charge in [-0.05, 0) is 23.8 Å². The molecule has 0 atom stereocenters. The highest BCUT2D eigenvalue weighted by atomic mass is 32.2. The van der Waals surface area contributed by atoms with E-state index >= 15 is 0 Å². The van der Waals surface area contributed by atoms with E-state index in [0.717, 1.165) is 12.5 Å². The molecule has 4 heteroatoms. The number of unbranched alkanes of at least 4 members (excludes halogenated alkanes) is 3. The lowest BCUT2D eigenvalue weighted by Gasteiger charge is -2.38. The number of rotatable bonds is 7. The Hall–Kier alpha value is -0.0900. The van der Waals surface area contributed by atoms with Crippen LogP contribution in [0.15, 0.2) is 18.7 Å². The highest BCUT2D eigenvalue weighted by molar-refractivity contribution is 8.18. The van der Waals surface area contributed by atoms with Crippen molar-refractivity contribution in [1.82, 2.24) is 9.55 Å². The summed E-state index contributed by atoms with van der Waals surface area (Å²) in [6.45, 7) is 5.77. The van der Waals surface area contributed by atoms with Crippen molar-refractivity contribution >= 4 is 23.5 Å². The van der Waals surface area contributed by atoms with Crippen LogP contribution in [0.25, 0.3) is 0 Å². The maximum absolute atomic E-state index is 4.19. The van der Waals surface area contributed by atoms with E-state index < -0.39 is 0 Å². The Morgan fingerprint density at radius 1 is 1.26 bits per heavy atom. The van der Waals surface area contributed by atoms with Gasteiger partial charge in [0.1, 0.15) is 0 Å². The molecule has 1 aliphatic rings. The van der Waals surface area contributed by atoms with Crippen molar-refractivity contribution in [3.8, 4) is 0 Å². The topological polar surface area (TPSA) is 17.8 Å². The molecule has 0 aliphatic carbocycles. The minimum atomic E-state index is 0.390. The van der Waals surface area contributed by atoms with Crippen LogP contribution in [0.3, 0.4) is 0 Å². The van der Waals surface area contributed by atoms with Gasteiger partial charge in [0, 0.05) is 18.9 Å². The number of nitrogens with zero attached hydrogens (tertiary/aromatic N) is 2. The SMILES string of the molecule is CCCCCCC1(Cn2ccnc2)SCC(C)CS1. The van der Waals surface area contributed by atoms with Gasteiger partial charge in [-0.2, -0.15) is 0 Å². The Bertz CT molecular complexity index is 343. The van der Waals surface area contributed by atoms with Gasteiger partial charge in [0.15, 0.2) is 0 Å². The summed E-state index contributed by atoms with van der Waals surface area (Å²) in [6, 6.07) is 0. The summed E-state index contributed by atoms with van der Waals surface area (Å²) in [6.07, 6.45) is 12.8. The molecular formula is C15H26N2S2. The molecule has 0 saturated carbocycles. The van der Waals surface area contributed by atoms with Gasteiger partial charge in [0.25, 0.3) is 0 Å². The van der Waals surface area contributed by atoms with Crippen LogP contribution in [0.1, 0.15) is 46.0 Å². The first-order valence-corrected chi connectivity index (χ1v) is 9.45. The van der Waals surface area contributed by atoms with Gasteiger partial charge in [-0.15, -0.1) is 23.5 Å². The molecule has 1 aliphatic heterocycles. The molecule has 1 aromatic rings. The van der Waals surface area contributed by atoms with E-state index in [-0.39, 0.29) is 0 Å². The van der Waals surface area contributed by atoms with E-state index in [4.69, 9.17) is 0 Å². The molecule has 0 radical (unpaired) electrons. The van der Waals surface area contributed by atoms with Gasteiger partial charge in [0.2, 0.25) is 0 Å². The van der Waals surface area contributed by atoms with Gasteiger partial charge in [-0.3, -0.25) is 0 Å². The third kappa shape index (κ3) is 4.75. The number of hydrogen-bond donors (Lipinski definition) is 0. The fraction of sp³-hybridized carbons (Fsp3) is 0.800. The van der Waals surface area contributed by atoms with Crippen LogP contribution in [0.4, 0.5) is 0 Å². The van der Waals surface area contributed by atoms with Crippen molar-refractivity contribution in [2.45, 2.75) is 56.6 Å². The van der Waals surface area contributed by atoms with Crippen LogP contribution < -0.4 is 0 Å². The Morgan fingerprint density at radius 3 is 2.68 bits per heavy atom. The standard InChI is InChI=1S/C15H26N2S2/c1-3-4-5-6-7-15(12-17-9-8-16-13-17)18-10-14(2)11-19-15/h8-9,13-14H,3-7,10-12H2,1-2H3. The molecule has 19 heavy (non-hydrogen) atoms. The maximum Gasteiger partial charge on any atom is 0.0946 e. The van der Waals surface area contributed by atoms with Crippen molar-refractivity contribution in [2.75, 3.05) is 11.5 Å². The molecule has 1 aromatic heterocycles. The zero-order valence-corrected chi connectivity index (χ0v) is 13.8. The summed E-state index contributed by atoms with van der Waals surface area (Å²) in [4.78, 5) is 4.19. The lowest BCUT2D eigenvalue weighted by atomic mass is 10.1. The van der Waals surface area contributed by atoms with Crippen molar-refractivity contribution in [3.63, 3.8) is 0 Å². The Labute approximate surface area is 126 Å². The maximum atomic E-state index is 4.19. The van der Waals surface area contributed by atoms with Crippen LogP contribution in [0, 0.1) is 5.92 Å². The summed E-state index contributed by atoms with van der Waals surface area (Å²) in [5.41, 5.74) is 0. The van der Waals surface area contributed by atoms with Gasteiger partial charge >= 0.3 is 0 Å². The monoisotopic (exact) mass is 298 g/mol. The van der Waals surface area contributed by atoms with Crippen molar-refractivity contribution in [2.24, 2.45) is 5.92 Å². The van der Waals surface area contributed by atoms with Crippen molar-refractivity contribution < 1.29 is 0 Å². The lowest BCUT2D eigenvalue weighted by Crippen LogP contribution is -2.33. The summed E-state index contributed by atoms with van der Waals surface area (Å²) < 4.78 is 2.65. The molecule has 2 rings (SSSR count). The minimum absolute atomic E-state index is 0.390. The van der Waals surface area contributed by atoms with Crippen LogP contribution in [-0.4, -0.2) is 25.1 Å². The van der Waals surface area contributed by atoms with Crippen LogP contribution in [-0.2, 0) is 6.54 Å². The quantitative estimate of drug-likeness (QED) is 0.681. The first-order chi connectivity index (χ1) is 9.24. The van der Waals surface area contributed by atoms with E-state index in [9.17, 15) is 0 Å². The zero-order chi connectivity index (χ0) is 13.6. The smallest absolute Gasteiger partial charge is 0.0946 e. The molecule has 2 heterocycles. The number of thioether (sulfide) groups is 2. The summed E-state index contributed by atoms with van der Waals surface area (Å²) >= 11 is 4.38. The van der Waals surface area contributed by atoms with Crippen LogP contribution in [0.5, 0.6) is 0 Å². The second-order valence-corrected chi connectivity index (χ2v) is 8.75. The molecule has 0 spiro atoms. The van der Waals surface area contributed by atoms with E-state index in [1.54, 1.807) is 0 Å². The third-order valence-corrected chi connectivity index (χ3v) is 7.55. The lowest BCUT2D eigenvalue weighted by molar-refractivity contribution is 0.536. The van der Waals surface area contributed by atoms with Crippen LogP contribution >= 0.6 is 23.5 Å². The number of aromatic nitrogens is 2. The Kier molecular flexibility index (Phi) is 6.14. The van der Waals surface area contributed by atoms with E-state index in [0.29, 0.717) is 4.08 Å². The number of imidazole rings is 1. The van der Waals surface area contributed by atoms with Gasteiger partial charge in [0.05, 0.1) is 10.4 Å². The second-order valence-electron chi connectivity index (χ2n) is 5.68. The van der Waals surface area contributed by atoms with Crippen molar-refractivity contribution in [3.05, 3.63) is 18.7 Å². The van der Waals surface area contributed by atoms with Crippen molar-refractivity contribution in [1.29, 1.82) is 0 Å². The van der Waals surface area contributed by atoms with Crippen LogP contribution in [0.2, 0.25) is 0 Å². The molecular weight excluding hydrogens is 272 g/mol. The first-order valence-electron chi connectivity index (χ1n) is 7.48. The van der Waals surface area contributed by atoms with Gasteiger partial charge in [-0.1, -0.05) is 39.5 Å². The molecule has 0 amide bonds. The fourth-order valence-corrected chi connectivity index (χ4v) is 5.83. The van der Waals surface area contributed by atoms with E-state index in [1.807, 2.05) is 12.5 Å². The summed E-state index contributed by atoms with van der Waals surface area (Å²) in [5, 5.41) is 0. The molecule has 0 bridgehead atoms. The predicted octanol–water partition coefficient (Wildman–Crippen LogP) is 4.67. The van der Waals surface area contributed by atoms with Gasteiger partial charge in [-0.25, -0.2) is 4.98 Å². The normalized spacial score (nSPS) is 27.6.